The Morgan fingerprint density at radius 1 is 0.921 bits per heavy atom. The molecule has 4 rings (SSSR count). The number of amides is 1. The van der Waals surface area contributed by atoms with Crippen LogP contribution in [0, 0.1) is 0 Å². The lowest BCUT2D eigenvalue weighted by Crippen LogP contribution is -2.24. The molecular formula is C32H39N3O3. The van der Waals surface area contributed by atoms with Crippen molar-refractivity contribution < 1.29 is 14.3 Å². The van der Waals surface area contributed by atoms with Crippen LogP contribution in [0.3, 0.4) is 0 Å². The van der Waals surface area contributed by atoms with Crippen LogP contribution in [0.25, 0.3) is 11.0 Å². The predicted molar refractivity (Wildman–Crippen MR) is 153 cm³/mol. The summed E-state index contributed by atoms with van der Waals surface area (Å²) in [5, 5.41) is 3.01. The summed E-state index contributed by atoms with van der Waals surface area (Å²) in [7, 11) is 1.60. The van der Waals surface area contributed by atoms with E-state index >= 15 is 0 Å². The van der Waals surface area contributed by atoms with Crippen LogP contribution in [0.1, 0.15) is 67.2 Å². The molecule has 4 aromatic rings. The molecule has 0 aliphatic carbocycles. The largest absolute Gasteiger partial charge is 0.497 e. The molecule has 1 N–H and O–H groups in total. The number of hydrogen-bond donors (Lipinski definition) is 1. The van der Waals surface area contributed by atoms with E-state index in [4.69, 9.17) is 14.5 Å². The average molecular weight is 514 g/mol. The Morgan fingerprint density at radius 2 is 1.74 bits per heavy atom. The van der Waals surface area contributed by atoms with E-state index in [0.29, 0.717) is 30.4 Å². The first-order valence-electron chi connectivity index (χ1n) is 13.6. The number of ether oxygens (including phenoxy) is 2. The molecular weight excluding hydrogens is 474 g/mol. The lowest BCUT2D eigenvalue weighted by Gasteiger charge is -2.11. The van der Waals surface area contributed by atoms with Crippen molar-refractivity contribution >= 4 is 16.9 Å². The molecule has 200 valence electrons. The second-order valence-electron chi connectivity index (χ2n) is 9.89. The molecule has 6 heteroatoms. The summed E-state index contributed by atoms with van der Waals surface area (Å²) in [6, 6.07) is 24.0. The number of methoxy groups -OCH3 is 1. The first kappa shape index (κ1) is 27.2. The summed E-state index contributed by atoms with van der Waals surface area (Å²) < 4.78 is 13.5. The average Bonchev–Trinajstić information content (AvgIpc) is 3.30. The second-order valence-corrected chi connectivity index (χ2v) is 9.89. The van der Waals surface area contributed by atoms with Gasteiger partial charge in [0.05, 0.1) is 24.8 Å². The number of fused-ring (bicyclic) bond motifs is 1. The number of hydrogen-bond acceptors (Lipinski definition) is 4. The normalized spacial score (nSPS) is 11.2. The Morgan fingerprint density at radius 3 is 2.53 bits per heavy atom. The molecule has 0 bridgehead atoms. The van der Waals surface area contributed by atoms with Crippen LogP contribution in [0.4, 0.5) is 0 Å². The molecule has 0 aliphatic heterocycles. The van der Waals surface area contributed by atoms with Crippen molar-refractivity contribution in [2.75, 3.05) is 20.3 Å². The standard InChI is InChI=1S/C32H39N3O3/c1-24(2)25-16-18-27(19-17-25)38-22-10-21-35-30-14-7-6-13-29(30)34-31(35)15-5-4-8-20-33-32(36)26-11-9-12-28(23-26)37-3/h6-7,9,11-14,16-19,23-24H,4-5,8,10,15,20-22H2,1-3H3,(H,33,36). The molecule has 0 spiro atoms. The topological polar surface area (TPSA) is 65.4 Å². The van der Waals surface area contributed by atoms with Gasteiger partial charge in [-0.15, -0.1) is 0 Å². The van der Waals surface area contributed by atoms with Gasteiger partial charge < -0.3 is 19.4 Å². The van der Waals surface area contributed by atoms with Gasteiger partial charge in [-0.1, -0.05) is 50.6 Å². The zero-order chi connectivity index (χ0) is 26.7. The van der Waals surface area contributed by atoms with Gasteiger partial charge in [0.15, 0.2) is 0 Å². The number of para-hydroxylation sites is 2. The lowest BCUT2D eigenvalue weighted by molar-refractivity contribution is 0.0952. The van der Waals surface area contributed by atoms with Crippen LogP contribution in [-0.4, -0.2) is 35.7 Å². The van der Waals surface area contributed by atoms with Gasteiger partial charge in [0.1, 0.15) is 17.3 Å². The van der Waals surface area contributed by atoms with Gasteiger partial charge in [0.2, 0.25) is 0 Å². The van der Waals surface area contributed by atoms with Gasteiger partial charge in [0.25, 0.3) is 5.91 Å². The van der Waals surface area contributed by atoms with Crippen molar-refractivity contribution in [1.82, 2.24) is 14.9 Å². The van der Waals surface area contributed by atoms with Crippen LogP contribution in [0.5, 0.6) is 11.5 Å². The van der Waals surface area contributed by atoms with E-state index in [1.54, 1.807) is 19.2 Å². The van der Waals surface area contributed by atoms with Crippen molar-refractivity contribution in [3.8, 4) is 11.5 Å². The molecule has 0 radical (unpaired) electrons. The SMILES string of the molecule is COc1cccc(C(=O)NCCCCCc2nc3ccccc3n2CCCOc2ccc(C(C)C)cc2)c1. The molecule has 3 aromatic carbocycles. The number of rotatable bonds is 14. The summed E-state index contributed by atoms with van der Waals surface area (Å²) in [4.78, 5) is 17.3. The van der Waals surface area contributed by atoms with Gasteiger partial charge >= 0.3 is 0 Å². The van der Waals surface area contributed by atoms with Gasteiger partial charge in [-0.05, 0) is 73.2 Å². The van der Waals surface area contributed by atoms with E-state index in [-0.39, 0.29) is 5.91 Å². The van der Waals surface area contributed by atoms with E-state index in [1.807, 2.05) is 18.2 Å². The third-order valence-electron chi connectivity index (χ3n) is 6.77. The fourth-order valence-corrected chi connectivity index (χ4v) is 4.58. The zero-order valence-corrected chi connectivity index (χ0v) is 22.8. The Kier molecular flexibility index (Phi) is 9.79. The molecule has 0 atom stereocenters. The van der Waals surface area contributed by atoms with E-state index in [2.05, 4.69) is 66.2 Å². The zero-order valence-electron chi connectivity index (χ0n) is 22.8. The minimum atomic E-state index is -0.0659. The third kappa shape index (κ3) is 7.37. The van der Waals surface area contributed by atoms with Crippen molar-refractivity contribution in [2.45, 2.75) is 58.4 Å². The van der Waals surface area contributed by atoms with Gasteiger partial charge in [-0.3, -0.25) is 4.79 Å². The fourth-order valence-electron chi connectivity index (χ4n) is 4.58. The highest BCUT2D eigenvalue weighted by Crippen LogP contribution is 2.21. The highest BCUT2D eigenvalue weighted by Gasteiger charge is 2.11. The Labute approximate surface area is 226 Å². The maximum Gasteiger partial charge on any atom is 0.251 e. The maximum absolute atomic E-state index is 12.4. The number of nitrogens with one attached hydrogen (secondary N) is 1. The minimum absolute atomic E-state index is 0.0659. The third-order valence-corrected chi connectivity index (χ3v) is 6.77. The molecule has 0 saturated carbocycles. The monoisotopic (exact) mass is 513 g/mol. The Bertz CT molecular complexity index is 1310. The molecule has 0 aliphatic rings. The van der Waals surface area contributed by atoms with Crippen LogP contribution in [-0.2, 0) is 13.0 Å². The number of nitrogens with zero attached hydrogens (tertiary/aromatic N) is 2. The molecule has 0 saturated heterocycles. The summed E-state index contributed by atoms with van der Waals surface area (Å²) in [6.45, 7) is 6.59. The summed E-state index contributed by atoms with van der Waals surface area (Å²) in [5.41, 5.74) is 4.16. The first-order valence-corrected chi connectivity index (χ1v) is 13.6. The highest BCUT2D eigenvalue weighted by atomic mass is 16.5. The molecule has 6 nitrogen and oxygen atoms in total. The van der Waals surface area contributed by atoms with Crippen molar-refractivity contribution in [3.05, 3.63) is 89.7 Å². The molecule has 38 heavy (non-hydrogen) atoms. The van der Waals surface area contributed by atoms with Crippen LogP contribution < -0.4 is 14.8 Å². The number of imidazole rings is 1. The summed E-state index contributed by atoms with van der Waals surface area (Å²) in [6.07, 6.45) is 4.80. The van der Waals surface area contributed by atoms with Gasteiger partial charge in [-0.2, -0.15) is 0 Å². The van der Waals surface area contributed by atoms with E-state index in [9.17, 15) is 4.79 Å². The number of carbonyl (C=O) groups excluding carboxylic acids is 1. The number of carbonyl (C=O) groups is 1. The predicted octanol–water partition coefficient (Wildman–Crippen LogP) is 6.78. The van der Waals surface area contributed by atoms with Gasteiger partial charge in [-0.25, -0.2) is 4.98 Å². The van der Waals surface area contributed by atoms with Crippen molar-refractivity contribution in [3.63, 3.8) is 0 Å². The second kappa shape index (κ2) is 13.7. The molecule has 0 unspecified atom stereocenters. The Balaban J connectivity index is 1.23. The highest BCUT2D eigenvalue weighted by molar-refractivity contribution is 5.94. The summed E-state index contributed by atoms with van der Waals surface area (Å²) >= 11 is 0. The first-order chi connectivity index (χ1) is 18.5. The van der Waals surface area contributed by atoms with Crippen LogP contribution >= 0.6 is 0 Å². The number of unbranched alkanes of at least 4 members (excludes halogenated alkanes) is 2. The molecule has 1 aromatic heterocycles. The summed E-state index contributed by atoms with van der Waals surface area (Å²) in [5.74, 6) is 3.18. The lowest BCUT2D eigenvalue weighted by atomic mass is 10.0. The van der Waals surface area contributed by atoms with Crippen molar-refractivity contribution in [1.29, 1.82) is 0 Å². The molecule has 1 heterocycles. The maximum atomic E-state index is 12.4. The number of aromatic nitrogens is 2. The molecule has 0 fully saturated rings. The minimum Gasteiger partial charge on any atom is -0.497 e. The van der Waals surface area contributed by atoms with Gasteiger partial charge in [0, 0.05) is 25.1 Å². The smallest absolute Gasteiger partial charge is 0.251 e. The van der Waals surface area contributed by atoms with E-state index in [0.717, 1.165) is 55.7 Å². The number of aryl methyl sites for hydroxylation is 2. The fraction of sp³-hybridized carbons (Fsp3) is 0.375. The number of benzene rings is 3. The van der Waals surface area contributed by atoms with Crippen molar-refractivity contribution in [2.24, 2.45) is 0 Å². The quantitative estimate of drug-likeness (QED) is 0.189. The van der Waals surface area contributed by atoms with E-state index in [1.165, 1.54) is 11.1 Å². The van der Waals surface area contributed by atoms with E-state index < -0.39 is 0 Å². The van der Waals surface area contributed by atoms with Crippen LogP contribution in [0.15, 0.2) is 72.8 Å². The molecule has 1 amide bonds. The van der Waals surface area contributed by atoms with Crippen LogP contribution in [0.2, 0.25) is 0 Å². The Hall–Kier alpha value is -3.80.